The maximum absolute atomic E-state index is 13.0. The van der Waals surface area contributed by atoms with Crippen molar-refractivity contribution in [3.8, 4) is 0 Å². The third-order valence-corrected chi connectivity index (χ3v) is 2.95. The van der Waals surface area contributed by atoms with Crippen molar-refractivity contribution in [2.75, 3.05) is 20.3 Å². The van der Waals surface area contributed by atoms with E-state index in [2.05, 4.69) is 5.32 Å². The molecule has 0 saturated carbocycles. The molecule has 0 heterocycles. The maximum atomic E-state index is 13.0. The van der Waals surface area contributed by atoms with Crippen LogP contribution in [-0.4, -0.2) is 25.6 Å². The van der Waals surface area contributed by atoms with E-state index in [1.807, 2.05) is 6.92 Å². The van der Waals surface area contributed by atoms with Crippen LogP contribution in [0.25, 0.3) is 0 Å². The Bertz CT molecular complexity index is 346. The van der Waals surface area contributed by atoms with Gasteiger partial charge in [-0.1, -0.05) is 6.07 Å². The first kappa shape index (κ1) is 14.4. The molecule has 1 N–H and O–H groups in total. The Morgan fingerprint density at radius 2 is 2.24 bits per heavy atom. The van der Waals surface area contributed by atoms with Gasteiger partial charge >= 0.3 is 0 Å². The predicted octanol–water partition coefficient (Wildman–Crippen LogP) is 2.87. The summed E-state index contributed by atoms with van der Waals surface area (Å²) in [6.07, 6.45) is 0.837. The molecule has 0 amide bonds. The molecule has 0 aliphatic heterocycles. The molecule has 17 heavy (non-hydrogen) atoms. The van der Waals surface area contributed by atoms with Crippen molar-refractivity contribution in [2.24, 2.45) is 0 Å². The van der Waals surface area contributed by atoms with Crippen molar-refractivity contribution >= 4 is 11.6 Å². The molecule has 0 saturated heterocycles. The number of ether oxygens (including phenoxy) is 1. The molecule has 0 aliphatic rings. The summed E-state index contributed by atoms with van der Waals surface area (Å²) >= 11 is 5.99. The lowest BCUT2D eigenvalue weighted by Crippen LogP contribution is -2.20. The van der Waals surface area contributed by atoms with Gasteiger partial charge in [0.2, 0.25) is 0 Å². The normalized spacial score (nSPS) is 12.7. The van der Waals surface area contributed by atoms with Crippen molar-refractivity contribution in [1.82, 2.24) is 5.32 Å². The number of nitrogens with one attached hydrogen (secondary N) is 1. The fourth-order valence-electron chi connectivity index (χ4n) is 1.58. The summed E-state index contributed by atoms with van der Waals surface area (Å²) in [4.78, 5) is 0. The Morgan fingerprint density at radius 3 is 2.94 bits per heavy atom. The van der Waals surface area contributed by atoms with Gasteiger partial charge in [0, 0.05) is 13.7 Å². The van der Waals surface area contributed by atoms with Gasteiger partial charge in [0.1, 0.15) is 5.82 Å². The largest absolute Gasteiger partial charge is 0.383 e. The molecule has 1 atom stereocenters. The van der Waals surface area contributed by atoms with E-state index in [1.54, 1.807) is 19.2 Å². The summed E-state index contributed by atoms with van der Waals surface area (Å²) in [7, 11) is 1.64. The first-order chi connectivity index (χ1) is 8.13. The van der Waals surface area contributed by atoms with Gasteiger partial charge in [-0.05, 0) is 43.1 Å². The second kappa shape index (κ2) is 7.64. The van der Waals surface area contributed by atoms with Crippen LogP contribution in [0.3, 0.4) is 0 Å². The van der Waals surface area contributed by atoms with Crippen molar-refractivity contribution in [3.63, 3.8) is 0 Å². The van der Waals surface area contributed by atoms with E-state index >= 15 is 0 Å². The average Bonchev–Trinajstić information content (AvgIpc) is 2.29. The van der Waals surface area contributed by atoms with E-state index in [4.69, 9.17) is 16.3 Å². The van der Waals surface area contributed by atoms with Crippen molar-refractivity contribution < 1.29 is 9.13 Å². The lowest BCUT2D eigenvalue weighted by molar-refractivity contribution is 0.195. The summed E-state index contributed by atoms with van der Waals surface area (Å²) in [6, 6.07) is 4.84. The highest BCUT2D eigenvalue weighted by molar-refractivity contribution is 6.20. The Morgan fingerprint density at radius 1 is 1.47 bits per heavy atom. The van der Waals surface area contributed by atoms with Gasteiger partial charge < -0.3 is 10.1 Å². The molecule has 0 spiro atoms. The molecule has 1 rings (SSSR count). The molecule has 1 aromatic rings. The minimum atomic E-state index is -0.193. The molecule has 96 valence electrons. The van der Waals surface area contributed by atoms with E-state index in [0.29, 0.717) is 13.2 Å². The van der Waals surface area contributed by atoms with E-state index in [9.17, 15) is 4.39 Å². The molecule has 1 aromatic carbocycles. The number of alkyl halides is 1. The van der Waals surface area contributed by atoms with Crippen LogP contribution in [0.2, 0.25) is 0 Å². The lowest BCUT2D eigenvalue weighted by Gasteiger charge is -2.10. The van der Waals surface area contributed by atoms with Crippen molar-refractivity contribution in [1.29, 1.82) is 0 Å². The number of methoxy groups -OCH3 is 1. The number of aryl methyl sites for hydroxylation is 1. The van der Waals surface area contributed by atoms with Gasteiger partial charge in [-0.25, -0.2) is 4.39 Å². The van der Waals surface area contributed by atoms with Crippen LogP contribution in [0.15, 0.2) is 18.2 Å². The number of hydrogen-bond donors (Lipinski definition) is 1. The Hall–Kier alpha value is -0.640. The zero-order valence-electron chi connectivity index (χ0n) is 10.3. The van der Waals surface area contributed by atoms with E-state index in [1.165, 1.54) is 6.07 Å². The molecule has 0 radical (unpaired) electrons. The van der Waals surface area contributed by atoms with Gasteiger partial charge in [-0.3, -0.25) is 0 Å². The Kier molecular flexibility index (Phi) is 6.48. The van der Waals surface area contributed by atoms with Crippen molar-refractivity contribution in [3.05, 3.63) is 35.1 Å². The summed E-state index contributed by atoms with van der Waals surface area (Å²) in [5, 5.41) is 3.28. The molecular weight excluding hydrogens is 241 g/mol. The average molecular weight is 260 g/mol. The molecule has 0 fully saturated rings. The highest BCUT2D eigenvalue weighted by Gasteiger charge is 2.04. The zero-order chi connectivity index (χ0) is 12.7. The molecule has 0 aliphatic carbocycles. The molecule has 0 bridgehead atoms. The lowest BCUT2D eigenvalue weighted by atomic mass is 10.1. The Labute approximate surface area is 107 Å². The van der Waals surface area contributed by atoms with Gasteiger partial charge in [0.25, 0.3) is 0 Å². The first-order valence-corrected chi connectivity index (χ1v) is 6.16. The monoisotopic (exact) mass is 259 g/mol. The topological polar surface area (TPSA) is 21.3 Å². The molecular formula is C13H19ClFNO. The quantitative estimate of drug-likeness (QED) is 0.601. The van der Waals surface area contributed by atoms with Gasteiger partial charge in [0.05, 0.1) is 12.0 Å². The number of hydrogen-bond acceptors (Lipinski definition) is 2. The van der Waals surface area contributed by atoms with Crippen LogP contribution in [0.4, 0.5) is 4.39 Å². The van der Waals surface area contributed by atoms with Crippen LogP contribution in [0.1, 0.15) is 17.5 Å². The van der Waals surface area contributed by atoms with Gasteiger partial charge in [0.15, 0.2) is 0 Å². The fourth-order valence-corrected chi connectivity index (χ4v) is 1.81. The number of rotatable bonds is 7. The van der Waals surface area contributed by atoms with Gasteiger partial charge in [-0.2, -0.15) is 0 Å². The van der Waals surface area contributed by atoms with E-state index in [-0.39, 0.29) is 11.2 Å². The van der Waals surface area contributed by atoms with Crippen LogP contribution in [0.5, 0.6) is 0 Å². The first-order valence-electron chi connectivity index (χ1n) is 5.72. The number of halogens is 2. The van der Waals surface area contributed by atoms with E-state index < -0.39 is 0 Å². The highest BCUT2D eigenvalue weighted by Crippen LogP contribution is 2.10. The standard InChI is InChI=1S/C13H19ClFNO/c1-10-3-4-13(15)7-11(10)8-16-6-5-12(14)9-17-2/h3-4,7,12,16H,5-6,8-9H2,1-2H3. The van der Waals surface area contributed by atoms with Crippen LogP contribution in [-0.2, 0) is 11.3 Å². The van der Waals surface area contributed by atoms with Crippen LogP contribution in [0, 0.1) is 12.7 Å². The predicted molar refractivity (Wildman–Crippen MR) is 69.0 cm³/mol. The smallest absolute Gasteiger partial charge is 0.123 e. The highest BCUT2D eigenvalue weighted by atomic mass is 35.5. The van der Waals surface area contributed by atoms with E-state index in [0.717, 1.165) is 24.1 Å². The van der Waals surface area contributed by atoms with Crippen LogP contribution < -0.4 is 5.32 Å². The molecule has 4 heteroatoms. The zero-order valence-corrected chi connectivity index (χ0v) is 11.1. The SMILES string of the molecule is COCC(Cl)CCNCc1cc(F)ccc1C. The minimum Gasteiger partial charge on any atom is -0.383 e. The maximum Gasteiger partial charge on any atom is 0.123 e. The molecule has 1 unspecified atom stereocenters. The van der Waals surface area contributed by atoms with Crippen molar-refractivity contribution in [2.45, 2.75) is 25.3 Å². The summed E-state index contributed by atoms with van der Waals surface area (Å²) in [6.45, 7) is 4.00. The summed E-state index contributed by atoms with van der Waals surface area (Å²) in [5.41, 5.74) is 2.08. The number of benzene rings is 1. The third kappa shape index (κ3) is 5.48. The minimum absolute atomic E-state index is 0.0288. The Balaban J connectivity index is 2.28. The third-order valence-electron chi connectivity index (χ3n) is 2.61. The van der Waals surface area contributed by atoms with Gasteiger partial charge in [-0.15, -0.1) is 11.6 Å². The second-order valence-corrected chi connectivity index (χ2v) is 4.71. The van der Waals surface area contributed by atoms with Crippen LogP contribution >= 0.6 is 11.6 Å². The second-order valence-electron chi connectivity index (χ2n) is 4.09. The fraction of sp³-hybridized carbons (Fsp3) is 0.538. The molecule has 0 aromatic heterocycles. The molecule has 2 nitrogen and oxygen atoms in total. The summed E-state index contributed by atoms with van der Waals surface area (Å²) < 4.78 is 18.0. The summed E-state index contributed by atoms with van der Waals surface area (Å²) in [5.74, 6) is -0.193.